The molecule has 0 aliphatic carbocycles. The van der Waals surface area contributed by atoms with Crippen LogP contribution in [0.25, 0.3) is 5.57 Å². The number of imide groups is 1. The van der Waals surface area contributed by atoms with Crippen LogP contribution in [0.3, 0.4) is 0 Å². The Labute approximate surface area is 191 Å². The van der Waals surface area contributed by atoms with Crippen LogP contribution in [0.1, 0.15) is 12.5 Å². The first-order valence-corrected chi connectivity index (χ1v) is 10.4. The van der Waals surface area contributed by atoms with Crippen LogP contribution in [0, 0.1) is 0 Å². The van der Waals surface area contributed by atoms with Gasteiger partial charge in [-0.1, -0.05) is 35.9 Å². The van der Waals surface area contributed by atoms with E-state index in [0.29, 0.717) is 40.1 Å². The monoisotopic (exact) mass is 448 g/mol. The number of hydrogen-bond acceptors (Lipinski definition) is 5. The van der Waals surface area contributed by atoms with E-state index in [1.165, 1.54) is 0 Å². The van der Waals surface area contributed by atoms with Crippen LogP contribution in [0.4, 0.5) is 11.4 Å². The molecule has 1 aliphatic heterocycles. The molecular formula is C25H21ClN2O4. The Hall–Kier alpha value is -3.77. The largest absolute Gasteiger partial charge is 0.495 e. The zero-order valence-corrected chi connectivity index (χ0v) is 18.3. The van der Waals surface area contributed by atoms with Crippen LogP contribution in [0.15, 0.2) is 78.5 Å². The molecule has 6 nitrogen and oxygen atoms in total. The third kappa shape index (κ3) is 4.05. The summed E-state index contributed by atoms with van der Waals surface area (Å²) in [5.41, 5.74) is 2.03. The van der Waals surface area contributed by atoms with Crippen LogP contribution >= 0.6 is 11.6 Å². The number of carbonyl (C=O) groups excluding carboxylic acids is 2. The number of halogens is 1. The molecule has 0 atom stereocenters. The number of amides is 2. The highest BCUT2D eigenvalue weighted by atomic mass is 35.5. The van der Waals surface area contributed by atoms with Crippen LogP contribution in [0.2, 0.25) is 5.02 Å². The molecule has 0 saturated heterocycles. The fourth-order valence-electron chi connectivity index (χ4n) is 3.51. The standard InChI is InChI=1S/C25H21ClN2O4/c1-3-32-19-14-12-18(13-15-19)28-24(29)22(16-8-10-17(26)11-9-16)23(25(28)30)27-20-6-4-5-7-21(20)31-2/h4-15,27H,3H2,1-2H3. The van der Waals surface area contributed by atoms with Crippen LogP contribution < -0.4 is 19.7 Å². The van der Waals surface area contributed by atoms with Crippen molar-refractivity contribution in [3.8, 4) is 11.5 Å². The average molecular weight is 449 g/mol. The lowest BCUT2D eigenvalue weighted by Crippen LogP contribution is -2.32. The highest BCUT2D eigenvalue weighted by Crippen LogP contribution is 2.36. The lowest BCUT2D eigenvalue weighted by atomic mass is 10.0. The van der Waals surface area contributed by atoms with Crippen molar-refractivity contribution in [3.63, 3.8) is 0 Å². The summed E-state index contributed by atoms with van der Waals surface area (Å²) in [7, 11) is 1.54. The second kappa shape index (κ2) is 9.16. The zero-order chi connectivity index (χ0) is 22.7. The number of rotatable bonds is 7. The second-order valence-corrected chi connectivity index (χ2v) is 7.39. The summed E-state index contributed by atoms with van der Waals surface area (Å²) in [5, 5.41) is 3.66. The molecule has 2 amide bonds. The van der Waals surface area contributed by atoms with Gasteiger partial charge in [0.25, 0.3) is 11.8 Å². The van der Waals surface area contributed by atoms with E-state index in [1.54, 1.807) is 67.8 Å². The highest BCUT2D eigenvalue weighted by molar-refractivity contribution is 6.46. The molecule has 0 radical (unpaired) electrons. The van der Waals surface area contributed by atoms with Gasteiger partial charge >= 0.3 is 0 Å². The van der Waals surface area contributed by atoms with Gasteiger partial charge in [0.2, 0.25) is 0 Å². The van der Waals surface area contributed by atoms with Gasteiger partial charge in [0, 0.05) is 5.02 Å². The van der Waals surface area contributed by atoms with E-state index in [-0.39, 0.29) is 11.3 Å². The van der Waals surface area contributed by atoms with Crippen LogP contribution in [0.5, 0.6) is 11.5 Å². The molecular weight excluding hydrogens is 428 g/mol. The lowest BCUT2D eigenvalue weighted by Gasteiger charge is -2.16. The molecule has 0 saturated carbocycles. The smallest absolute Gasteiger partial charge is 0.282 e. The SMILES string of the molecule is CCOc1ccc(N2C(=O)C(Nc3ccccc3OC)=C(c3ccc(Cl)cc3)C2=O)cc1. The predicted octanol–water partition coefficient (Wildman–Crippen LogP) is 5.14. The molecule has 0 unspecified atom stereocenters. The minimum atomic E-state index is -0.463. The summed E-state index contributed by atoms with van der Waals surface area (Å²) >= 11 is 6.03. The van der Waals surface area contributed by atoms with E-state index in [9.17, 15) is 9.59 Å². The van der Waals surface area contributed by atoms with Crippen molar-refractivity contribution in [2.45, 2.75) is 6.92 Å². The van der Waals surface area contributed by atoms with Gasteiger partial charge < -0.3 is 14.8 Å². The first-order chi connectivity index (χ1) is 15.5. The molecule has 0 fully saturated rings. The molecule has 0 aromatic heterocycles. The molecule has 1 aliphatic rings. The molecule has 3 aromatic rings. The highest BCUT2D eigenvalue weighted by Gasteiger charge is 2.40. The van der Waals surface area contributed by atoms with Gasteiger partial charge in [-0.15, -0.1) is 0 Å². The van der Waals surface area contributed by atoms with Gasteiger partial charge in [0.15, 0.2) is 0 Å². The first-order valence-electron chi connectivity index (χ1n) is 10.1. The Kier molecular flexibility index (Phi) is 6.14. The summed E-state index contributed by atoms with van der Waals surface area (Å²) in [6.45, 7) is 2.41. The van der Waals surface area contributed by atoms with Crippen molar-refractivity contribution in [1.82, 2.24) is 0 Å². The maximum absolute atomic E-state index is 13.5. The van der Waals surface area contributed by atoms with E-state index in [0.717, 1.165) is 4.90 Å². The third-order valence-corrected chi connectivity index (χ3v) is 5.24. The maximum atomic E-state index is 13.5. The number of nitrogens with zero attached hydrogens (tertiary/aromatic N) is 1. The lowest BCUT2D eigenvalue weighted by molar-refractivity contribution is -0.120. The number of anilines is 2. The quantitative estimate of drug-likeness (QED) is 0.506. The molecule has 162 valence electrons. The minimum Gasteiger partial charge on any atom is -0.495 e. The van der Waals surface area contributed by atoms with Crippen molar-refractivity contribution in [2.24, 2.45) is 0 Å². The summed E-state index contributed by atoms with van der Waals surface area (Å²) in [4.78, 5) is 28.1. The van der Waals surface area contributed by atoms with Crippen molar-refractivity contribution < 1.29 is 19.1 Å². The fraction of sp³-hybridized carbons (Fsp3) is 0.120. The second-order valence-electron chi connectivity index (χ2n) is 6.95. The van der Waals surface area contributed by atoms with E-state index >= 15 is 0 Å². The Morgan fingerprint density at radius 3 is 2.25 bits per heavy atom. The molecule has 1 heterocycles. The number of hydrogen-bond donors (Lipinski definition) is 1. The number of ether oxygens (including phenoxy) is 2. The van der Waals surface area contributed by atoms with E-state index in [2.05, 4.69) is 5.32 Å². The van der Waals surface area contributed by atoms with Crippen LogP contribution in [-0.4, -0.2) is 25.5 Å². The molecule has 1 N–H and O–H groups in total. The van der Waals surface area contributed by atoms with E-state index in [4.69, 9.17) is 21.1 Å². The number of para-hydroxylation sites is 2. The van der Waals surface area contributed by atoms with Gasteiger partial charge in [0.1, 0.15) is 17.2 Å². The summed E-state index contributed by atoms with van der Waals surface area (Å²) in [6.07, 6.45) is 0. The fourth-order valence-corrected chi connectivity index (χ4v) is 3.63. The van der Waals surface area contributed by atoms with Crippen molar-refractivity contribution in [2.75, 3.05) is 23.9 Å². The summed E-state index contributed by atoms with van der Waals surface area (Å²) < 4.78 is 10.9. The van der Waals surface area contributed by atoms with Gasteiger partial charge in [-0.2, -0.15) is 0 Å². The van der Waals surface area contributed by atoms with Crippen molar-refractivity contribution in [1.29, 1.82) is 0 Å². The van der Waals surface area contributed by atoms with Crippen LogP contribution in [-0.2, 0) is 9.59 Å². The normalized spacial score (nSPS) is 13.5. The average Bonchev–Trinajstić information content (AvgIpc) is 3.05. The molecule has 7 heteroatoms. The Morgan fingerprint density at radius 2 is 1.59 bits per heavy atom. The van der Waals surface area contributed by atoms with Gasteiger partial charge in [-0.25, -0.2) is 4.90 Å². The van der Waals surface area contributed by atoms with E-state index in [1.807, 2.05) is 19.1 Å². The molecule has 0 bridgehead atoms. The molecule has 32 heavy (non-hydrogen) atoms. The van der Waals surface area contributed by atoms with Gasteiger partial charge in [0.05, 0.1) is 30.7 Å². The number of nitrogens with one attached hydrogen (secondary N) is 1. The number of benzene rings is 3. The number of methoxy groups -OCH3 is 1. The Morgan fingerprint density at radius 1 is 0.906 bits per heavy atom. The van der Waals surface area contributed by atoms with Gasteiger partial charge in [-0.3, -0.25) is 9.59 Å². The topological polar surface area (TPSA) is 67.9 Å². The molecule has 4 rings (SSSR count). The predicted molar refractivity (Wildman–Crippen MR) is 125 cm³/mol. The summed E-state index contributed by atoms with van der Waals surface area (Å²) in [5.74, 6) is 0.317. The summed E-state index contributed by atoms with van der Waals surface area (Å²) in [6, 6.07) is 20.8. The Balaban J connectivity index is 1.78. The molecule has 3 aromatic carbocycles. The number of carbonyl (C=O) groups is 2. The maximum Gasteiger partial charge on any atom is 0.282 e. The minimum absolute atomic E-state index is 0.163. The zero-order valence-electron chi connectivity index (χ0n) is 17.6. The Bertz CT molecular complexity index is 1190. The van der Waals surface area contributed by atoms with Crippen molar-refractivity contribution in [3.05, 3.63) is 89.1 Å². The third-order valence-electron chi connectivity index (χ3n) is 4.99. The van der Waals surface area contributed by atoms with Crippen molar-refractivity contribution >= 4 is 40.4 Å². The van der Waals surface area contributed by atoms with E-state index < -0.39 is 11.8 Å². The molecule has 0 spiro atoms. The van der Waals surface area contributed by atoms with Gasteiger partial charge in [-0.05, 0) is 61.0 Å². The first kappa shape index (κ1) is 21.5.